The van der Waals surface area contributed by atoms with Crippen LogP contribution < -0.4 is 9.47 Å². The van der Waals surface area contributed by atoms with Gasteiger partial charge in [0, 0.05) is 37.7 Å². The summed E-state index contributed by atoms with van der Waals surface area (Å²) < 4.78 is 13.3. The van der Waals surface area contributed by atoms with Crippen LogP contribution in [-0.2, 0) is 6.54 Å². The molecule has 126 valence electrons. The van der Waals surface area contributed by atoms with Gasteiger partial charge in [-0.3, -0.25) is 4.79 Å². The summed E-state index contributed by atoms with van der Waals surface area (Å²) in [5.74, 6) is 1.16. The van der Waals surface area contributed by atoms with Crippen LogP contribution in [0.4, 0.5) is 0 Å². The highest BCUT2D eigenvalue weighted by Crippen LogP contribution is 2.26. The first-order valence-corrected chi connectivity index (χ1v) is 8.29. The largest absolute Gasteiger partial charge is 0.477 e. The number of carbonyl (C=O) groups excluding carboxylic acids is 1. The van der Waals surface area contributed by atoms with Crippen molar-refractivity contribution >= 4 is 5.91 Å². The first-order chi connectivity index (χ1) is 11.7. The molecule has 0 unspecified atom stereocenters. The number of rotatable bonds is 3. The summed E-state index contributed by atoms with van der Waals surface area (Å²) in [5.41, 5.74) is 1.46. The van der Waals surface area contributed by atoms with E-state index >= 15 is 0 Å². The van der Waals surface area contributed by atoms with Crippen molar-refractivity contribution < 1.29 is 14.3 Å². The van der Waals surface area contributed by atoms with E-state index in [1.165, 1.54) is 0 Å². The zero-order chi connectivity index (χ0) is 16.5. The number of pyridine rings is 1. The average molecular weight is 328 g/mol. The van der Waals surface area contributed by atoms with Crippen LogP contribution in [0.2, 0.25) is 0 Å². The lowest BCUT2D eigenvalue weighted by atomic mass is 10.3. The SMILES string of the molecule is Cc1cccc(O[C@H]2CCN(C(=O)c3cnn4c3OCCC4)C2)n1. The van der Waals surface area contributed by atoms with Crippen LogP contribution in [-0.4, -0.2) is 51.4 Å². The van der Waals surface area contributed by atoms with E-state index in [0.717, 1.165) is 25.1 Å². The minimum Gasteiger partial charge on any atom is -0.477 e. The molecule has 0 aliphatic carbocycles. The van der Waals surface area contributed by atoms with Gasteiger partial charge in [0.05, 0.1) is 19.3 Å². The van der Waals surface area contributed by atoms with Crippen molar-refractivity contribution in [3.63, 3.8) is 0 Å². The Hall–Kier alpha value is -2.57. The lowest BCUT2D eigenvalue weighted by Gasteiger charge is -2.19. The van der Waals surface area contributed by atoms with Crippen LogP contribution >= 0.6 is 0 Å². The molecule has 7 heteroatoms. The molecule has 0 aromatic carbocycles. The van der Waals surface area contributed by atoms with Gasteiger partial charge in [0.25, 0.3) is 5.91 Å². The fourth-order valence-electron chi connectivity index (χ4n) is 3.15. The van der Waals surface area contributed by atoms with Gasteiger partial charge in [0.2, 0.25) is 11.8 Å². The molecular weight excluding hydrogens is 308 g/mol. The first-order valence-electron chi connectivity index (χ1n) is 8.29. The molecule has 24 heavy (non-hydrogen) atoms. The molecule has 2 aliphatic heterocycles. The van der Waals surface area contributed by atoms with Crippen molar-refractivity contribution in [1.29, 1.82) is 0 Å². The molecule has 4 rings (SSSR count). The molecule has 2 aromatic rings. The van der Waals surface area contributed by atoms with Gasteiger partial charge in [-0.05, 0) is 13.0 Å². The summed E-state index contributed by atoms with van der Waals surface area (Å²) in [6, 6.07) is 5.70. The lowest BCUT2D eigenvalue weighted by molar-refractivity contribution is 0.0764. The van der Waals surface area contributed by atoms with Crippen molar-refractivity contribution in [3.05, 3.63) is 35.7 Å². The van der Waals surface area contributed by atoms with E-state index in [-0.39, 0.29) is 12.0 Å². The molecule has 0 bridgehead atoms. The summed E-state index contributed by atoms with van der Waals surface area (Å²) in [7, 11) is 0. The fraction of sp³-hybridized carbons (Fsp3) is 0.471. The standard InChI is InChI=1S/C17H20N4O3/c1-12-4-2-5-15(19-12)24-13-6-8-20(11-13)16(22)14-10-18-21-7-3-9-23-17(14)21/h2,4-5,10,13H,3,6-9,11H2,1H3/t13-/m0/s1. The number of likely N-dealkylation sites (tertiary alicyclic amines) is 1. The quantitative estimate of drug-likeness (QED) is 0.857. The number of carbonyl (C=O) groups is 1. The second-order valence-electron chi connectivity index (χ2n) is 6.19. The maximum atomic E-state index is 12.8. The van der Waals surface area contributed by atoms with E-state index in [0.29, 0.717) is 37.0 Å². The molecule has 2 aliphatic rings. The van der Waals surface area contributed by atoms with Gasteiger partial charge in [-0.2, -0.15) is 5.10 Å². The fourth-order valence-corrected chi connectivity index (χ4v) is 3.15. The van der Waals surface area contributed by atoms with Crippen molar-refractivity contribution in [2.75, 3.05) is 19.7 Å². The molecule has 0 radical (unpaired) electrons. The number of hydrogen-bond acceptors (Lipinski definition) is 5. The third kappa shape index (κ3) is 2.81. The summed E-state index contributed by atoms with van der Waals surface area (Å²) >= 11 is 0. The van der Waals surface area contributed by atoms with E-state index in [2.05, 4.69) is 10.1 Å². The molecule has 1 atom stereocenters. The maximum Gasteiger partial charge on any atom is 0.261 e. The number of fused-ring (bicyclic) bond motifs is 1. The minimum absolute atomic E-state index is 0.0319. The molecule has 1 saturated heterocycles. The molecule has 0 saturated carbocycles. The van der Waals surface area contributed by atoms with Gasteiger partial charge in [-0.15, -0.1) is 0 Å². The zero-order valence-electron chi connectivity index (χ0n) is 13.6. The summed E-state index contributed by atoms with van der Waals surface area (Å²) in [5, 5.41) is 4.25. The van der Waals surface area contributed by atoms with Crippen LogP contribution in [0, 0.1) is 6.92 Å². The molecule has 0 N–H and O–H groups in total. The van der Waals surface area contributed by atoms with Gasteiger partial charge < -0.3 is 14.4 Å². The molecule has 7 nitrogen and oxygen atoms in total. The highest BCUT2D eigenvalue weighted by molar-refractivity contribution is 5.96. The molecule has 1 amide bonds. The highest BCUT2D eigenvalue weighted by atomic mass is 16.5. The van der Waals surface area contributed by atoms with Gasteiger partial charge in [-0.1, -0.05) is 6.07 Å². The second kappa shape index (κ2) is 6.14. The van der Waals surface area contributed by atoms with Gasteiger partial charge >= 0.3 is 0 Å². The molecule has 2 aromatic heterocycles. The Morgan fingerprint density at radius 1 is 1.38 bits per heavy atom. The van der Waals surface area contributed by atoms with Crippen LogP contribution in [0.25, 0.3) is 0 Å². The zero-order valence-corrected chi connectivity index (χ0v) is 13.6. The third-order valence-electron chi connectivity index (χ3n) is 4.36. The number of amides is 1. The second-order valence-corrected chi connectivity index (χ2v) is 6.19. The topological polar surface area (TPSA) is 69.5 Å². The number of hydrogen-bond donors (Lipinski definition) is 0. The number of aromatic nitrogens is 3. The number of nitrogens with zero attached hydrogens (tertiary/aromatic N) is 4. The lowest BCUT2D eigenvalue weighted by Crippen LogP contribution is -2.31. The van der Waals surface area contributed by atoms with Crippen molar-refractivity contribution in [2.45, 2.75) is 32.4 Å². The predicted molar refractivity (Wildman–Crippen MR) is 86.2 cm³/mol. The van der Waals surface area contributed by atoms with Crippen LogP contribution in [0.1, 0.15) is 28.9 Å². The summed E-state index contributed by atoms with van der Waals surface area (Å²) in [4.78, 5) is 18.9. The molecular formula is C17H20N4O3. The van der Waals surface area contributed by atoms with Crippen LogP contribution in [0.5, 0.6) is 11.8 Å². The number of ether oxygens (including phenoxy) is 2. The molecule has 0 spiro atoms. The summed E-state index contributed by atoms with van der Waals surface area (Å²) in [6.07, 6.45) is 3.30. The predicted octanol–water partition coefficient (Wildman–Crippen LogP) is 1.66. The summed E-state index contributed by atoms with van der Waals surface area (Å²) in [6.45, 7) is 4.59. The van der Waals surface area contributed by atoms with Crippen LogP contribution in [0.3, 0.4) is 0 Å². The Morgan fingerprint density at radius 2 is 2.29 bits per heavy atom. The Balaban J connectivity index is 1.43. The van der Waals surface area contributed by atoms with E-state index in [9.17, 15) is 4.79 Å². The third-order valence-corrected chi connectivity index (χ3v) is 4.36. The first kappa shape index (κ1) is 15.0. The van der Waals surface area contributed by atoms with E-state index in [1.807, 2.05) is 25.1 Å². The van der Waals surface area contributed by atoms with Crippen molar-refractivity contribution in [3.8, 4) is 11.8 Å². The Bertz CT molecular complexity index is 758. The highest BCUT2D eigenvalue weighted by Gasteiger charge is 2.32. The smallest absolute Gasteiger partial charge is 0.261 e. The Labute approximate surface area is 140 Å². The maximum absolute atomic E-state index is 12.8. The minimum atomic E-state index is -0.0403. The van der Waals surface area contributed by atoms with Gasteiger partial charge in [-0.25, -0.2) is 9.67 Å². The normalized spacial score (nSPS) is 19.7. The number of aryl methyl sites for hydroxylation is 2. The van der Waals surface area contributed by atoms with E-state index < -0.39 is 0 Å². The van der Waals surface area contributed by atoms with Crippen molar-refractivity contribution in [1.82, 2.24) is 19.7 Å². The molecule has 4 heterocycles. The Kier molecular flexibility index (Phi) is 3.84. The van der Waals surface area contributed by atoms with Gasteiger partial charge in [0.1, 0.15) is 11.7 Å². The molecule has 1 fully saturated rings. The van der Waals surface area contributed by atoms with Gasteiger partial charge in [0.15, 0.2) is 0 Å². The monoisotopic (exact) mass is 328 g/mol. The Morgan fingerprint density at radius 3 is 3.17 bits per heavy atom. The van der Waals surface area contributed by atoms with E-state index in [1.54, 1.807) is 15.8 Å². The van der Waals surface area contributed by atoms with Crippen molar-refractivity contribution in [2.24, 2.45) is 0 Å². The average Bonchev–Trinajstić information content (AvgIpc) is 3.21. The van der Waals surface area contributed by atoms with E-state index in [4.69, 9.17) is 9.47 Å². The van der Waals surface area contributed by atoms with Crippen LogP contribution in [0.15, 0.2) is 24.4 Å².